The van der Waals surface area contributed by atoms with Gasteiger partial charge in [-0.2, -0.15) is 0 Å². The van der Waals surface area contributed by atoms with Crippen molar-refractivity contribution in [3.8, 4) is 5.75 Å². The van der Waals surface area contributed by atoms with Crippen molar-refractivity contribution in [1.82, 2.24) is 10.2 Å². The van der Waals surface area contributed by atoms with Gasteiger partial charge in [0.15, 0.2) is 0 Å². The van der Waals surface area contributed by atoms with Crippen molar-refractivity contribution in [3.63, 3.8) is 0 Å². The smallest absolute Gasteiger partial charge is 0.139 e. The molecule has 1 aromatic carbocycles. The van der Waals surface area contributed by atoms with Crippen molar-refractivity contribution in [2.45, 2.75) is 24.9 Å². The normalized spacial score (nSPS) is 24.4. The maximum atomic E-state index is 8.90. The van der Waals surface area contributed by atoms with Crippen LogP contribution in [0.3, 0.4) is 0 Å². The number of ether oxygens (including phenoxy) is 1. The topological polar surface area (TPSA) is 83.1 Å². The Morgan fingerprint density at radius 1 is 1.43 bits per heavy atom. The van der Waals surface area contributed by atoms with Crippen molar-refractivity contribution < 1.29 is 9.84 Å². The molecular formula is C17H24N4O2. The predicted octanol–water partition coefficient (Wildman–Crippen LogP) is 0.995. The minimum Gasteiger partial charge on any atom is -0.491 e. The van der Waals surface area contributed by atoms with Gasteiger partial charge in [0.2, 0.25) is 0 Å². The minimum atomic E-state index is 0.00819. The van der Waals surface area contributed by atoms with E-state index in [9.17, 15) is 0 Å². The van der Waals surface area contributed by atoms with Crippen LogP contribution in [-0.4, -0.2) is 48.6 Å². The van der Waals surface area contributed by atoms with E-state index in [1.165, 1.54) is 6.42 Å². The summed E-state index contributed by atoms with van der Waals surface area (Å²) < 4.78 is 5.52. The summed E-state index contributed by atoms with van der Waals surface area (Å²) in [5.74, 6) is 1.30. The summed E-state index contributed by atoms with van der Waals surface area (Å²) in [5, 5.41) is 12.4. The zero-order chi connectivity index (χ0) is 16.1. The van der Waals surface area contributed by atoms with Crippen molar-refractivity contribution in [1.29, 1.82) is 0 Å². The Kier molecular flexibility index (Phi) is 5.15. The highest BCUT2D eigenvalue weighted by molar-refractivity contribution is 5.70. The summed E-state index contributed by atoms with van der Waals surface area (Å²) >= 11 is 0. The number of piperidine rings is 1. The van der Waals surface area contributed by atoms with Crippen LogP contribution in [0.2, 0.25) is 0 Å². The lowest BCUT2D eigenvalue weighted by Crippen LogP contribution is -2.46. The van der Waals surface area contributed by atoms with E-state index in [-0.39, 0.29) is 12.6 Å². The average molecular weight is 316 g/mol. The van der Waals surface area contributed by atoms with E-state index < -0.39 is 0 Å². The molecule has 1 aromatic rings. The molecule has 2 atom stereocenters. The zero-order valence-corrected chi connectivity index (χ0v) is 13.2. The highest BCUT2D eigenvalue weighted by atomic mass is 16.5. The molecule has 1 saturated heterocycles. The van der Waals surface area contributed by atoms with Crippen LogP contribution in [0.15, 0.2) is 41.3 Å². The van der Waals surface area contributed by atoms with E-state index in [2.05, 4.69) is 21.3 Å². The van der Waals surface area contributed by atoms with E-state index in [1.54, 1.807) is 0 Å². The van der Waals surface area contributed by atoms with E-state index in [4.69, 9.17) is 15.6 Å². The van der Waals surface area contributed by atoms with Crippen LogP contribution in [0.25, 0.3) is 0 Å². The molecule has 1 fully saturated rings. The second-order valence-corrected chi connectivity index (χ2v) is 5.87. The van der Waals surface area contributed by atoms with Gasteiger partial charge in [0.25, 0.3) is 0 Å². The lowest BCUT2D eigenvalue weighted by Gasteiger charge is -2.39. The molecule has 3 rings (SSSR count). The summed E-state index contributed by atoms with van der Waals surface area (Å²) in [5.41, 5.74) is 7.03. The fraction of sp³-hybridized carbons (Fsp3) is 0.471. The molecule has 0 aromatic heterocycles. The number of benzene rings is 1. The SMILES string of the molecule is NC1=CN([C@H]2CCCNC2)C(c2cccc(OCCO)c2)C=N1. The van der Waals surface area contributed by atoms with E-state index in [0.717, 1.165) is 30.8 Å². The van der Waals surface area contributed by atoms with Gasteiger partial charge in [0.05, 0.1) is 12.6 Å². The highest BCUT2D eigenvalue weighted by Crippen LogP contribution is 2.29. The Hall–Kier alpha value is -2.05. The number of nitrogens with two attached hydrogens (primary N) is 1. The lowest BCUT2D eigenvalue weighted by atomic mass is 9.99. The Labute approximate surface area is 136 Å². The summed E-state index contributed by atoms with van der Waals surface area (Å²) in [6, 6.07) is 8.39. The van der Waals surface area contributed by atoms with Gasteiger partial charge in [-0.15, -0.1) is 0 Å². The number of aliphatic imine (C=N–C) groups is 1. The number of hydrogen-bond acceptors (Lipinski definition) is 6. The van der Waals surface area contributed by atoms with Gasteiger partial charge < -0.3 is 25.8 Å². The first-order valence-corrected chi connectivity index (χ1v) is 8.11. The molecule has 2 heterocycles. The molecule has 6 nitrogen and oxygen atoms in total. The number of hydrogen-bond donors (Lipinski definition) is 3. The summed E-state index contributed by atoms with van der Waals surface area (Å²) in [6.45, 7) is 2.33. The van der Waals surface area contributed by atoms with Crippen molar-refractivity contribution >= 4 is 6.21 Å². The maximum Gasteiger partial charge on any atom is 0.139 e. The van der Waals surface area contributed by atoms with Crippen LogP contribution in [0.1, 0.15) is 24.4 Å². The monoisotopic (exact) mass is 316 g/mol. The van der Waals surface area contributed by atoms with Crippen LogP contribution in [0.5, 0.6) is 5.75 Å². The highest BCUT2D eigenvalue weighted by Gasteiger charge is 2.28. The van der Waals surface area contributed by atoms with Crippen molar-refractivity contribution in [3.05, 3.63) is 41.8 Å². The zero-order valence-electron chi connectivity index (χ0n) is 13.2. The summed E-state index contributed by atoms with van der Waals surface area (Å²) in [4.78, 5) is 6.59. The van der Waals surface area contributed by atoms with Crippen LogP contribution < -0.4 is 15.8 Å². The number of aliphatic hydroxyl groups excluding tert-OH is 1. The fourth-order valence-corrected chi connectivity index (χ4v) is 3.13. The van der Waals surface area contributed by atoms with E-state index >= 15 is 0 Å². The first-order chi connectivity index (χ1) is 11.3. The molecule has 124 valence electrons. The maximum absolute atomic E-state index is 8.90. The van der Waals surface area contributed by atoms with Gasteiger partial charge in [-0.3, -0.25) is 0 Å². The van der Waals surface area contributed by atoms with Crippen LogP contribution in [0.4, 0.5) is 0 Å². The molecule has 0 bridgehead atoms. The number of nitrogens with zero attached hydrogens (tertiary/aromatic N) is 2. The average Bonchev–Trinajstić information content (AvgIpc) is 2.61. The molecule has 23 heavy (non-hydrogen) atoms. The summed E-state index contributed by atoms with van der Waals surface area (Å²) in [7, 11) is 0. The molecule has 0 spiro atoms. The molecule has 2 aliphatic heterocycles. The van der Waals surface area contributed by atoms with Gasteiger partial charge in [-0.1, -0.05) is 12.1 Å². The quantitative estimate of drug-likeness (QED) is 0.755. The van der Waals surface area contributed by atoms with Crippen molar-refractivity contribution in [2.24, 2.45) is 10.7 Å². The molecular weight excluding hydrogens is 292 g/mol. The number of aliphatic hydroxyl groups is 1. The Balaban J connectivity index is 1.82. The van der Waals surface area contributed by atoms with Crippen LogP contribution >= 0.6 is 0 Å². The first-order valence-electron chi connectivity index (χ1n) is 8.11. The van der Waals surface area contributed by atoms with E-state index in [0.29, 0.717) is 18.5 Å². The third-order valence-electron chi connectivity index (χ3n) is 4.22. The second kappa shape index (κ2) is 7.48. The third-order valence-corrected chi connectivity index (χ3v) is 4.22. The van der Waals surface area contributed by atoms with Gasteiger partial charge >= 0.3 is 0 Å². The third kappa shape index (κ3) is 3.83. The minimum absolute atomic E-state index is 0.00819. The molecule has 1 unspecified atom stereocenters. The van der Waals surface area contributed by atoms with E-state index in [1.807, 2.05) is 30.6 Å². The molecule has 0 radical (unpaired) electrons. The van der Waals surface area contributed by atoms with Crippen LogP contribution in [-0.2, 0) is 0 Å². The number of rotatable bonds is 5. The Morgan fingerprint density at radius 2 is 2.35 bits per heavy atom. The number of nitrogens with one attached hydrogen (secondary N) is 1. The lowest BCUT2D eigenvalue weighted by molar-refractivity contribution is 0.198. The largest absolute Gasteiger partial charge is 0.491 e. The molecule has 0 amide bonds. The molecule has 4 N–H and O–H groups in total. The standard InChI is InChI=1S/C17H24N4O2/c18-17-12-21(14-4-2-6-19-10-14)16(11-20-17)13-3-1-5-15(9-13)23-8-7-22/h1,3,5,9,11-12,14,16,19,22H,2,4,6-8,10,18H2/t14-,16?/m0/s1. The Bertz CT molecular complexity index is 582. The van der Waals surface area contributed by atoms with Gasteiger partial charge in [0.1, 0.15) is 18.2 Å². The van der Waals surface area contributed by atoms with Gasteiger partial charge in [-0.25, -0.2) is 4.99 Å². The summed E-state index contributed by atoms with van der Waals surface area (Å²) in [6.07, 6.45) is 6.15. The Morgan fingerprint density at radius 3 is 3.13 bits per heavy atom. The molecule has 0 saturated carbocycles. The van der Waals surface area contributed by atoms with Crippen molar-refractivity contribution in [2.75, 3.05) is 26.3 Å². The fourth-order valence-electron chi connectivity index (χ4n) is 3.13. The van der Waals surface area contributed by atoms with Crippen LogP contribution in [0, 0.1) is 0 Å². The molecule has 2 aliphatic rings. The second-order valence-electron chi connectivity index (χ2n) is 5.87. The molecule has 0 aliphatic carbocycles. The predicted molar refractivity (Wildman–Crippen MR) is 90.3 cm³/mol. The molecule has 6 heteroatoms. The van der Waals surface area contributed by atoms with Gasteiger partial charge in [-0.05, 0) is 37.1 Å². The first kappa shape index (κ1) is 15.8. The van der Waals surface area contributed by atoms with Gasteiger partial charge in [0, 0.05) is 25.0 Å².